The van der Waals surface area contributed by atoms with E-state index in [1.165, 1.54) is 12.1 Å². The number of nitrogens with one attached hydrogen (secondary N) is 3. The van der Waals surface area contributed by atoms with Gasteiger partial charge >= 0.3 is 6.61 Å². The van der Waals surface area contributed by atoms with Crippen molar-refractivity contribution in [3.63, 3.8) is 0 Å². The summed E-state index contributed by atoms with van der Waals surface area (Å²) < 4.78 is 29.2. The number of halogens is 2. The van der Waals surface area contributed by atoms with Gasteiger partial charge in [-0.3, -0.25) is 9.59 Å². The first-order valence-corrected chi connectivity index (χ1v) is 9.90. The van der Waals surface area contributed by atoms with Crippen molar-refractivity contribution in [1.82, 2.24) is 10.6 Å². The van der Waals surface area contributed by atoms with E-state index < -0.39 is 12.7 Å². The van der Waals surface area contributed by atoms with Crippen LogP contribution in [0.1, 0.15) is 30.0 Å². The van der Waals surface area contributed by atoms with E-state index >= 15 is 0 Å². The molecule has 1 unspecified atom stereocenters. The van der Waals surface area contributed by atoms with Gasteiger partial charge in [-0.25, -0.2) is 0 Å². The van der Waals surface area contributed by atoms with Gasteiger partial charge in [0.05, 0.1) is 13.1 Å². The molecule has 2 atom stereocenters. The maximum Gasteiger partial charge on any atom is 0.387 e. The molecule has 30 heavy (non-hydrogen) atoms. The van der Waals surface area contributed by atoms with Gasteiger partial charge in [0.2, 0.25) is 0 Å². The molecule has 6 nitrogen and oxygen atoms in total. The summed E-state index contributed by atoms with van der Waals surface area (Å²) in [6.07, 6.45) is 2.04. The lowest BCUT2D eigenvalue weighted by atomic mass is 9.98. The second-order valence-electron chi connectivity index (χ2n) is 7.51. The van der Waals surface area contributed by atoms with E-state index in [2.05, 4.69) is 15.4 Å². The Kier molecular flexibility index (Phi) is 7.35. The lowest BCUT2D eigenvalue weighted by molar-refractivity contribution is -0.862. The van der Waals surface area contributed by atoms with Gasteiger partial charge in [-0.2, -0.15) is 8.78 Å². The average molecular weight is 418 g/mol. The molecular weight excluding hydrogens is 392 g/mol. The van der Waals surface area contributed by atoms with Gasteiger partial charge in [0.25, 0.3) is 11.8 Å². The van der Waals surface area contributed by atoms with Crippen LogP contribution in [0.3, 0.4) is 0 Å². The third kappa shape index (κ3) is 6.81. The first-order chi connectivity index (χ1) is 14.4. The second-order valence-corrected chi connectivity index (χ2v) is 7.51. The maximum absolute atomic E-state index is 12.7. The standard InChI is InChI=1S/C22H25F2N3O3/c1-27(13-19(28)25-17-9-10-17)14-20(29)26-21(15-5-3-2-4-6-15)16-7-11-18(12-8-16)30-22(23)24/h2-8,11-12,17,21-22H,9-10,13-14H2,1H3,(H,25,28)(H,26,29)/p+1/t21-/m0/s1. The number of carbonyl (C=O) groups excluding carboxylic acids is 2. The molecule has 2 aromatic rings. The molecule has 0 saturated heterocycles. The van der Waals surface area contributed by atoms with Crippen LogP contribution in [-0.2, 0) is 9.59 Å². The van der Waals surface area contributed by atoms with Crippen LogP contribution in [0.4, 0.5) is 8.78 Å². The van der Waals surface area contributed by atoms with E-state index in [0.717, 1.165) is 28.9 Å². The molecule has 2 aromatic carbocycles. The molecular formula is C22H26F2N3O3+. The van der Waals surface area contributed by atoms with Crippen LogP contribution >= 0.6 is 0 Å². The topological polar surface area (TPSA) is 71.9 Å². The summed E-state index contributed by atoms with van der Waals surface area (Å²) in [4.78, 5) is 25.4. The van der Waals surface area contributed by atoms with Gasteiger partial charge in [0, 0.05) is 6.04 Å². The SMILES string of the molecule is C[NH+](CC(=O)NC1CC1)CC(=O)N[C@@H](c1ccccc1)c1ccc(OC(F)F)cc1. The third-order valence-electron chi connectivity index (χ3n) is 4.74. The highest BCUT2D eigenvalue weighted by Gasteiger charge is 2.25. The molecule has 1 fully saturated rings. The summed E-state index contributed by atoms with van der Waals surface area (Å²) in [7, 11) is 1.79. The minimum Gasteiger partial charge on any atom is -0.435 e. The van der Waals surface area contributed by atoms with Gasteiger partial charge in [0.15, 0.2) is 13.1 Å². The van der Waals surface area contributed by atoms with Crippen molar-refractivity contribution in [1.29, 1.82) is 0 Å². The van der Waals surface area contributed by atoms with Gasteiger partial charge in [-0.05, 0) is 36.1 Å². The molecule has 3 rings (SSSR count). The minimum absolute atomic E-state index is 0.0535. The minimum atomic E-state index is -2.89. The summed E-state index contributed by atoms with van der Waals surface area (Å²) in [5.41, 5.74) is 1.60. The normalized spacial score (nSPS) is 15.3. The summed E-state index contributed by atoms with van der Waals surface area (Å²) in [6, 6.07) is 15.4. The smallest absolute Gasteiger partial charge is 0.387 e. The molecule has 3 N–H and O–H groups in total. The van der Waals surface area contributed by atoms with E-state index in [0.29, 0.717) is 6.04 Å². The lowest BCUT2D eigenvalue weighted by Gasteiger charge is -2.21. The van der Waals surface area contributed by atoms with Crippen molar-refractivity contribution in [2.45, 2.75) is 31.5 Å². The first-order valence-electron chi connectivity index (χ1n) is 9.90. The number of hydrogen-bond donors (Lipinski definition) is 3. The Hall–Kier alpha value is -3.00. The molecule has 0 heterocycles. The van der Waals surface area contributed by atoms with Crippen molar-refractivity contribution >= 4 is 11.8 Å². The summed E-state index contributed by atoms with van der Waals surface area (Å²) in [6.45, 7) is -2.54. The molecule has 2 amide bonds. The summed E-state index contributed by atoms with van der Waals surface area (Å²) >= 11 is 0. The fraction of sp³-hybridized carbons (Fsp3) is 0.364. The van der Waals surface area contributed by atoms with Crippen LogP contribution < -0.4 is 20.3 Å². The largest absolute Gasteiger partial charge is 0.435 e. The Bertz CT molecular complexity index is 842. The van der Waals surface area contributed by atoms with Crippen LogP contribution in [0.5, 0.6) is 5.75 Å². The van der Waals surface area contributed by atoms with Crippen LogP contribution in [0.25, 0.3) is 0 Å². The zero-order valence-electron chi connectivity index (χ0n) is 16.7. The van der Waals surface area contributed by atoms with Crippen LogP contribution in [0, 0.1) is 0 Å². The fourth-order valence-corrected chi connectivity index (χ4v) is 3.18. The Labute approximate surface area is 174 Å². The summed E-state index contributed by atoms with van der Waals surface area (Å²) in [5.74, 6) is -0.219. The zero-order chi connectivity index (χ0) is 21.5. The van der Waals surface area contributed by atoms with Crippen LogP contribution in [0.15, 0.2) is 54.6 Å². The van der Waals surface area contributed by atoms with E-state index in [4.69, 9.17) is 0 Å². The Morgan fingerprint density at radius 1 is 1.00 bits per heavy atom. The molecule has 0 spiro atoms. The molecule has 0 aliphatic heterocycles. The molecule has 0 aromatic heterocycles. The molecule has 160 valence electrons. The second kappa shape index (κ2) is 10.2. The third-order valence-corrected chi connectivity index (χ3v) is 4.74. The van der Waals surface area contributed by atoms with Crippen molar-refractivity contribution in [3.05, 3.63) is 65.7 Å². The highest BCUT2D eigenvalue weighted by Crippen LogP contribution is 2.24. The number of alkyl halides is 2. The Morgan fingerprint density at radius 3 is 2.20 bits per heavy atom. The van der Waals surface area contributed by atoms with Crippen LogP contribution in [0.2, 0.25) is 0 Å². The van der Waals surface area contributed by atoms with Crippen molar-refractivity contribution in [2.24, 2.45) is 0 Å². The fourth-order valence-electron chi connectivity index (χ4n) is 3.18. The lowest BCUT2D eigenvalue weighted by Crippen LogP contribution is -3.11. The molecule has 8 heteroatoms. The van der Waals surface area contributed by atoms with E-state index in [1.54, 1.807) is 19.2 Å². The van der Waals surface area contributed by atoms with E-state index in [-0.39, 0.29) is 30.7 Å². The average Bonchev–Trinajstić information content (AvgIpc) is 3.50. The predicted octanol–water partition coefficient (Wildman–Crippen LogP) is 1.29. The van der Waals surface area contributed by atoms with Crippen molar-refractivity contribution in [3.8, 4) is 5.75 Å². The van der Waals surface area contributed by atoms with E-state index in [9.17, 15) is 18.4 Å². The zero-order valence-corrected chi connectivity index (χ0v) is 16.7. The van der Waals surface area contributed by atoms with Gasteiger partial charge < -0.3 is 20.3 Å². The number of amides is 2. The van der Waals surface area contributed by atoms with Gasteiger partial charge in [-0.15, -0.1) is 0 Å². The number of benzene rings is 2. The van der Waals surface area contributed by atoms with Crippen molar-refractivity contribution < 1.29 is 28.0 Å². The highest BCUT2D eigenvalue weighted by molar-refractivity contribution is 5.79. The number of likely N-dealkylation sites (N-methyl/N-ethyl adjacent to an activating group) is 1. The molecule has 1 aliphatic carbocycles. The highest BCUT2D eigenvalue weighted by atomic mass is 19.3. The predicted molar refractivity (Wildman–Crippen MR) is 107 cm³/mol. The molecule has 1 saturated carbocycles. The maximum atomic E-state index is 12.7. The van der Waals surface area contributed by atoms with Crippen LogP contribution in [-0.4, -0.2) is 44.6 Å². The quantitative estimate of drug-likeness (QED) is 0.545. The van der Waals surface area contributed by atoms with Crippen molar-refractivity contribution in [2.75, 3.05) is 20.1 Å². The number of quaternary nitrogens is 1. The molecule has 0 radical (unpaired) electrons. The number of hydrogen-bond acceptors (Lipinski definition) is 3. The molecule has 1 aliphatic rings. The molecule has 0 bridgehead atoms. The first kappa shape index (κ1) is 21.7. The van der Waals surface area contributed by atoms with Gasteiger partial charge in [-0.1, -0.05) is 42.5 Å². The Balaban J connectivity index is 1.65. The Morgan fingerprint density at radius 2 is 1.60 bits per heavy atom. The van der Waals surface area contributed by atoms with Gasteiger partial charge in [0.1, 0.15) is 5.75 Å². The number of carbonyl (C=O) groups is 2. The monoisotopic (exact) mass is 418 g/mol. The summed E-state index contributed by atoms with van der Waals surface area (Å²) in [5, 5.41) is 5.90. The number of rotatable bonds is 10. The van der Waals surface area contributed by atoms with E-state index in [1.807, 2.05) is 30.3 Å². The number of ether oxygens (including phenoxy) is 1.